The number of sulfone groups is 1. The van der Waals surface area contributed by atoms with Crippen LogP contribution in [-0.4, -0.2) is 29.2 Å². The Morgan fingerprint density at radius 2 is 1.63 bits per heavy atom. The third-order valence-corrected chi connectivity index (χ3v) is 6.60. The zero-order chi connectivity index (χ0) is 22.2. The van der Waals surface area contributed by atoms with Gasteiger partial charge in [0.15, 0.2) is 9.84 Å². The van der Waals surface area contributed by atoms with E-state index in [1.165, 1.54) is 50.5 Å². The molecule has 1 amide bonds. The molecule has 3 rings (SSSR count). The average molecular weight is 433 g/mol. The maximum atomic E-state index is 13.2. The molecule has 1 aromatic heterocycles. The van der Waals surface area contributed by atoms with Crippen molar-refractivity contribution in [1.82, 2.24) is 9.13 Å². The van der Waals surface area contributed by atoms with Gasteiger partial charge in [-0.25, -0.2) is 12.8 Å². The Morgan fingerprint density at radius 1 is 1.00 bits per heavy atom. The largest absolute Gasteiger partial charge is 0.326 e. The van der Waals surface area contributed by atoms with Gasteiger partial charge in [0.05, 0.1) is 21.7 Å². The fourth-order valence-electron chi connectivity index (χ4n) is 3.08. The molecule has 0 radical (unpaired) electrons. The lowest BCUT2D eigenvalue weighted by Gasteiger charge is -2.11. The van der Waals surface area contributed by atoms with Crippen LogP contribution < -0.4 is 16.4 Å². The zero-order valence-electron chi connectivity index (χ0n) is 16.6. The minimum atomic E-state index is -3.83. The number of anilines is 1. The van der Waals surface area contributed by atoms with Gasteiger partial charge in [-0.05, 0) is 48.9 Å². The topological polar surface area (TPSA) is 107 Å². The van der Waals surface area contributed by atoms with E-state index >= 15 is 0 Å². The Labute approximate surface area is 171 Å². The number of halogens is 1. The molecule has 1 N–H and O–H groups in total. The molecule has 0 atom stereocenters. The summed E-state index contributed by atoms with van der Waals surface area (Å²) >= 11 is 0. The summed E-state index contributed by atoms with van der Waals surface area (Å²) in [5, 5.41) is 2.57. The second-order valence-corrected chi connectivity index (χ2v) is 9.06. The number of hydrogen-bond donors (Lipinski definition) is 1. The summed E-state index contributed by atoms with van der Waals surface area (Å²) < 4.78 is 40.8. The highest BCUT2D eigenvalue weighted by atomic mass is 32.2. The summed E-state index contributed by atoms with van der Waals surface area (Å²) in [7, 11) is -1.01. The summed E-state index contributed by atoms with van der Waals surface area (Å²) in [6.07, 6.45) is -0.302. The van der Waals surface area contributed by atoms with Crippen molar-refractivity contribution in [3.8, 4) is 0 Å². The van der Waals surface area contributed by atoms with Crippen molar-refractivity contribution < 1.29 is 17.6 Å². The SMILES string of the molecule is Cc1cc(F)ccc1NC(=O)CCS(=O)(=O)c1ccc2c(c1)n(C)c(=O)c(=O)n2C. The van der Waals surface area contributed by atoms with Gasteiger partial charge in [0.25, 0.3) is 0 Å². The lowest BCUT2D eigenvalue weighted by molar-refractivity contribution is -0.115. The van der Waals surface area contributed by atoms with Gasteiger partial charge in [0, 0.05) is 26.2 Å². The first-order valence-corrected chi connectivity index (χ1v) is 10.6. The Bertz CT molecular complexity index is 1390. The molecule has 0 aliphatic heterocycles. The molecule has 0 saturated heterocycles. The summed E-state index contributed by atoms with van der Waals surface area (Å²) in [6.45, 7) is 1.63. The van der Waals surface area contributed by atoms with E-state index in [9.17, 15) is 27.2 Å². The van der Waals surface area contributed by atoms with Crippen molar-refractivity contribution in [3.05, 3.63) is 68.5 Å². The highest BCUT2D eigenvalue weighted by molar-refractivity contribution is 7.91. The highest BCUT2D eigenvalue weighted by Crippen LogP contribution is 2.19. The second-order valence-electron chi connectivity index (χ2n) is 6.96. The molecule has 0 spiro atoms. The number of nitrogens with one attached hydrogen (secondary N) is 1. The van der Waals surface area contributed by atoms with Crippen LogP contribution in [0.15, 0.2) is 50.9 Å². The summed E-state index contributed by atoms with van der Waals surface area (Å²) in [4.78, 5) is 36.0. The molecule has 158 valence electrons. The van der Waals surface area contributed by atoms with E-state index in [0.29, 0.717) is 16.8 Å². The first-order chi connectivity index (χ1) is 14.0. The van der Waals surface area contributed by atoms with Gasteiger partial charge in [-0.3, -0.25) is 14.4 Å². The number of aryl methyl sites for hydroxylation is 3. The fourth-order valence-corrected chi connectivity index (χ4v) is 4.34. The molecule has 8 nitrogen and oxygen atoms in total. The minimum Gasteiger partial charge on any atom is -0.326 e. The van der Waals surface area contributed by atoms with Gasteiger partial charge in [-0.2, -0.15) is 0 Å². The van der Waals surface area contributed by atoms with Crippen LogP contribution in [0.25, 0.3) is 11.0 Å². The van der Waals surface area contributed by atoms with Gasteiger partial charge in [-0.1, -0.05) is 0 Å². The minimum absolute atomic E-state index is 0.0607. The Hall–Kier alpha value is -3.27. The molecule has 0 fully saturated rings. The van der Waals surface area contributed by atoms with E-state index in [-0.39, 0.29) is 16.8 Å². The first kappa shape index (κ1) is 21.4. The van der Waals surface area contributed by atoms with Crippen molar-refractivity contribution >= 4 is 32.5 Å². The standard InChI is InChI=1S/C20H20FN3O5S/c1-12-10-13(21)4-6-15(12)22-18(25)8-9-30(28,29)14-5-7-16-17(11-14)24(3)20(27)19(26)23(16)2/h4-7,10-11H,8-9H2,1-3H3,(H,22,25). The number of rotatable bonds is 5. The number of amides is 1. The number of benzene rings is 2. The smallest absolute Gasteiger partial charge is 0.316 e. The lowest BCUT2D eigenvalue weighted by Crippen LogP contribution is -2.39. The van der Waals surface area contributed by atoms with Crippen LogP contribution in [0.5, 0.6) is 0 Å². The lowest BCUT2D eigenvalue weighted by atomic mass is 10.2. The monoisotopic (exact) mass is 433 g/mol. The number of nitrogens with zero attached hydrogens (tertiary/aromatic N) is 2. The number of carbonyl (C=O) groups is 1. The molecule has 2 aromatic carbocycles. The number of carbonyl (C=O) groups excluding carboxylic acids is 1. The number of aromatic nitrogens is 2. The van der Waals surface area contributed by atoms with Crippen LogP contribution >= 0.6 is 0 Å². The van der Waals surface area contributed by atoms with Gasteiger partial charge in [-0.15, -0.1) is 0 Å². The Morgan fingerprint density at radius 3 is 2.27 bits per heavy atom. The van der Waals surface area contributed by atoms with E-state index in [1.54, 1.807) is 6.92 Å². The van der Waals surface area contributed by atoms with Crippen molar-refractivity contribution in [2.24, 2.45) is 14.1 Å². The van der Waals surface area contributed by atoms with Crippen molar-refractivity contribution in [1.29, 1.82) is 0 Å². The van der Waals surface area contributed by atoms with Gasteiger partial charge in [0.2, 0.25) is 5.91 Å². The van der Waals surface area contributed by atoms with E-state index in [4.69, 9.17) is 0 Å². The highest BCUT2D eigenvalue weighted by Gasteiger charge is 2.19. The molecule has 0 aliphatic rings. The predicted molar refractivity (Wildman–Crippen MR) is 111 cm³/mol. The molecule has 0 unspecified atom stereocenters. The predicted octanol–water partition coefficient (Wildman–Crippen LogP) is 1.49. The maximum absolute atomic E-state index is 13.2. The molecule has 0 saturated carbocycles. The Balaban J connectivity index is 1.83. The molecular formula is C20H20FN3O5S. The average Bonchev–Trinajstić information content (AvgIpc) is 2.71. The fraction of sp³-hybridized carbons (Fsp3) is 0.250. The Kier molecular flexibility index (Phi) is 5.62. The molecule has 0 aliphatic carbocycles. The van der Waals surface area contributed by atoms with E-state index in [2.05, 4.69) is 5.32 Å². The number of hydrogen-bond acceptors (Lipinski definition) is 5. The van der Waals surface area contributed by atoms with Crippen molar-refractivity contribution in [2.45, 2.75) is 18.2 Å². The van der Waals surface area contributed by atoms with Gasteiger partial charge < -0.3 is 14.5 Å². The summed E-state index contributed by atoms with van der Waals surface area (Å²) in [6, 6.07) is 7.97. The summed E-state index contributed by atoms with van der Waals surface area (Å²) in [5.41, 5.74) is 0.134. The van der Waals surface area contributed by atoms with Crippen LogP contribution in [0.3, 0.4) is 0 Å². The van der Waals surface area contributed by atoms with Gasteiger partial charge in [0.1, 0.15) is 5.82 Å². The molecule has 0 bridgehead atoms. The normalized spacial score (nSPS) is 11.6. The first-order valence-electron chi connectivity index (χ1n) is 9.00. The third kappa shape index (κ3) is 4.04. The summed E-state index contributed by atoms with van der Waals surface area (Å²) in [5.74, 6) is -1.41. The van der Waals surface area contributed by atoms with Crippen LogP contribution in [0.4, 0.5) is 10.1 Å². The van der Waals surface area contributed by atoms with E-state index in [1.807, 2.05) is 0 Å². The maximum Gasteiger partial charge on any atom is 0.316 e. The van der Waals surface area contributed by atoms with Crippen LogP contribution in [0.1, 0.15) is 12.0 Å². The zero-order valence-corrected chi connectivity index (χ0v) is 17.4. The van der Waals surface area contributed by atoms with Gasteiger partial charge >= 0.3 is 11.1 Å². The van der Waals surface area contributed by atoms with Crippen LogP contribution in [0, 0.1) is 12.7 Å². The van der Waals surface area contributed by atoms with Crippen molar-refractivity contribution in [3.63, 3.8) is 0 Å². The molecule has 1 heterocycles. The van der Waals surface area contributed by atoms with E-state index < -0.39 is 38.4 Å². The van der Waals surface area contributed by atoms with E-state index in [0.717, 1.165) is 9.13 Å². The molecular weight excluding hydrogens is 413 g/mol. The molecule has 3 aromatic rings. The quantitative estimate of drug-likeness (QED) is 0.614. The second kappa shape index (κ2) is 7.86. The van der Waals surface area contributed by atoms with Crippen molar-refractivity contribution in [2.75, 3.05) is 11.1 Å². The molecule has 10 heteroatoms. The number of fused-ring (bicyclic) bond motifs is 1. The van der Waals surface area contributed by atoms with Crippen LogP contribution in [-0.2, 0) is 28.7 Å². The molecule has 30 heavy (non-hydrogen) atoms. The van der Waals surface area contributed by atoms with Crippen LogP contribution in [0.2, 0.25) is 0 Å². The third-order valence-electron chi connectivity index (χ3n) is 4.88.